The molecule has 2 heterocycles. The van der Waals surface area contributed by atoms with Crippen LogP contribution in [0.3, 0.4) is 0 Å². The maximum absolute atomic E-state index is 11.3. The Morgan fingerprint density at radius 1 is 1.34 bits per heavy atom. The summed E-state index contributed by atoms with van der Waals surface area (Å²) in [5.74, 6) is 1.16. The molecule has 1 aliphatic heterocycles. The number of nitrogens with one attached hydrogen (secondary N) is 2. The van der Waals surface area contributed by atoms with Crippen LogP contribution in [0.1, 0.15) is 32.4 Å². The highest BCUT2D eigenvalue weighted by molar-refractivity contribution is 5.85. The molecule has 2 aromatic rings. The fourth-order valence-corrected chi connectivity index (χ4v) is 3.29. The smallest absolute Gasteiger partial charge is 0.271 e. The molecule has 0 saturated carbocycles. The molecule has 0 radical (unpaired) electrons. The Kier molecular flexibility index (Phi) is 7.72. The fourth-order valence-electron chi connectivity index (χ4n) is 3.29. The van der Waals surface area contributed by atoms with Crippen LogP contribution in [0.25, 0.3) is 0 Å². The van der Waals surface area contributed by atoms with Crippen LogP contribution in [-0.4, -0.2) is 39.9 Å². The van der Waals surface area contributed by atoms with Gasteiger partial charge in [-0.15, -0.1) is 12.4 Å². The number of nitro benzene ring substituents is 1. The molecule has 0 bridgehead atoms. The van der Waals surface area contributed by atoms with Crippen molar-refractivity contribution in [3.8, 4) is 0 Å². The van der Waals surface area contributed by atoms with Crippen LogP contribution >= 0.6 is 12.4 Å². The molecule has 9 nitrogen and oxygen atoms in total. The minimum Gasteiger partial charge on any atom is -0.354 e. The first-order chi connectivity index (χ1) is 13.4. The van der Waals surface area contributed by atoms with Crippen molar-refractivity contribution in [2.75, 3.05) is 23.3 Å². The summed E-state index contributed by atoms with van der Waals surface area (Å²) in [6.07, 6.45) is 2.61. The molecule has 3 rings (SSSR count). The van der Waals surface area contributed by atoms with Crippen LogP contribution in [0, 0.1) is 10.1 Å². The van der Waals surface area contributed by atoms with Gasteiger partial charge in [-0.2, -0.15) is 4.98 Å². The lowest BCUT2D eigenvalue weighted by atomic mass is 10.2. The van der Waals surface area contributed by atoms with Crippen molar-refractivity contribution in [2.45, 2.75) is 39.2 Å². The van der Waals surface area contributed by atoms with E-state index in [9.17, 15) is 14.9 Å². The molecule has 0 spiro atoms. The lowest BCUT2D eigenvalue weighted by Crippen LogP contribution is -2.35. The quantitative estimate of drug-likeness (QED) is 0.522. The molecule has 1 aromatic heterocycles. The van der Waals surface area contributed by atoms with Crippen LogP contribution in [-0.2, 0) is 11.2 Å². The summed E-state index contributed by atoms with van der Waals surface area (Å²) >= 11 is 0. The summed E-state index contributed by atoms with van der Waals surface area (Å²) < 4.78 is 0. The Balaban J connectivity index is 0.00000300. The summed E-state index contributed by atoms with van der Waals surface area (Å²) in [4.78, 5) is 33.1. The minimum absolute atomic E-state index is 0. The molecule has 1 saturated heterocycles. The highest BCUT2D eigenvalue weighted by atomic mass is 35.5. The molecule has 29 heavy (non-hydrogen) atoms. The first kappa shape index (κ1) is 22.4. The van der Waals surface area contributed by atoms with Gasteiger partial charge in [0.15, 0.2) is 0 Å². The van der Waals surface area contributed by atoms with E-state index < -0.39 is 4.92 Å². The third kappa shape index (κ3) is 6.02. The zero-order valence-electron chi connectivity index (χ0n) is 16.4. The van der Waals surface area contributed by atoms with Crippen LogP contribution in [0.4, 0.5) is 23.1 Å². The van der Waals surface area contributed by atoms with Gasteiger partial charge in [-0.05, 0) is 18.9 Å². The van der Waals surface area contributed by atoms with Crippen molar-refractivity contribution < 1.29 is 9.72 Å². The summed E-state index contributed by atoms with van der Waals surface area (Å²) in [5, 5.41) is 17.0. The number of amides is 1. The number of nitrogens with zero attached hydrogens (tertiary/aromatic N) is 4. The summed E-state index contributed by atoms with van der Waals surface area (Å²) in [7, 11) is 0. The van der Waals surface area contributed by atoms with Gasteiger partial charge in [0.1, 0.15) is 5.82 Å². The van der Waals surface area contributed by atoms with Crippen molar-refractivity contribution >= 4 is 41.5 Å². The number of non-ortho nitro benzene ring substituents is 1. The van der Waals surface area contributed by atoms with Gasteiger partial charge in [-0.1, -0.05) is 19.4 Å². The molecule has 156 valence electrons. The van der Waals surface area contributed by atoms with E-state index in [-0.39, 0.29) is 30.0 Å². The maximum atomic E-state index is 11.3. The van der Waals surface area contributed by atoms with Gasteiger partial charge in [0, 0.05) is 55.6 Å². The van der Waals surface area contributed by atoms with Gasteiger partial charge in [0.25, 0.3) is 5.69 Å². The number of carbonyl (C=O) groups excluding carboxylic acids is 1. The second-order valence-corrected chi connectivity index (χ2v) is 6.86. The van der Waals surface area contributed by atoms with Crippen molar-refractivity contribution in [1.29, 1.82) is 0 Å². The Morgan fingerprint density at radius 2 is 2.14 bits per heavy atom. The molecule has 10 heteroatoms. The Morgan fingerprint density at radius 3 is 2.83 bits per heavy atom. The van der Waals surface area contributed by atoms with E-state index in [1.807, 2.05) is 6.07 Å². The van der Waals surface area contributed by atoms with E-state index >= 15 is 0 Å². The van der Waals surface area contributed by atoms with Crippen LogP contribution in [0.5, 0.6) is 0 Å². The summed E-state index contributed by atoms with van der Waals surface area (Å²) in [5.41, 5.74) is 1.47. The number of aryl methyl sites for hydroxylation is 1. The third-order valence-electron chi connectivity index (χ3n) is 4.50. The topological polar surface area (TPSA) is 113 Å². The van der Waals surface area contributed by atoms with Crippen molar-refractivity contribution in [3.63, 3.8) is 0 Å². The number of halogens is 1. The molecule has 1 aromatic carbocycles. The summed E-state index contributed by atoms with van der Waals surface area (Å²) in [6.45, 7) is 5.09. The maximum Gasteiger partial charge on any atom is 0.271 e. The van der Waals surface area contributed by atoms with E-state index in [1.165, 1.54) is 19.1 Å². The van der Waals surface area contributed by atoms with Crippen LogP contribution in [0.15, 0.2) is 30.3 Å². The fraction of sp³-hybridized carbons (Fsp3) is 0.421. The minimum atomic E-state index is -0.433. The van der Waals surface area contributed by atoms with E-state index in [0.29, 0.717) is 18.2 Å². The number of anilines is 3. The lowest BCUT2D eigenvalue weighted by molar-refractivity contribution is -0.384. The second kappa shape index (κ2) is 10.0. The van der Waals surface area contributed by atoms with Gasteiger partial charge in [0.05, 0.1) is 4.92 Å². The molecule has 1 aliphatic rings. The number of rotatable bonds is 7. The Labute approximate surface area is 175 Å². The Bertz CT molecular complexity index is 879. The molecular formula is C19H25ClN6O3. The van der Waals surface area contributed by atoms with Gasteiger partial charge in [-0.3, -0.25) is 14.9 Å². The zero-order valence-corrected chi connectivity index (χ0v) is 17.2. The van der Waals surface area contributed by atoms with Crippen molar-refractivity contribution in [3.05, 3.63) is 46.1 Å². The van der Waals surface area contributed by atoms with Gasteiger partial charge in [0.2, 0.25) is 11.9 Å². The monoisotopic (exact) mass is 420 g/mol. The molecule has 1 fully saturated rings. The van der Waals surface area contributed by atoms with Crippen LogP contribution < -0.4 is 15.5 Å². The number of nitro groups is 1. The highest BCUT2D eigenvalue weighted by Crippen LogP contribution is 2.24. The van der Waals surface area contributed by atoms with Gasteiger partial charge >= 0.3 is 0 Å². The van der Waals surface area contributed by atoms with Crippen molar-refractivity contribution in [2.24, 2.45) is 0 Å². The summed E-state index contributed by atoms with van der Waals surface area (Å²) in [6, 6.07) is 8.34. The molecule has 2 N–H and O–H groups in total. The average Bonchev–Trinajstić information content (AvgIpc) is 3.10. The number of aromatic nitrogens is 2. The van der Waals surface area contributed by atoms with E-state index in [2.05, 4.69) is 32.4 Å². The molecular weight excluding hydrogens is 396 g/mol. The van der Waals surface area contributed by atoms with Gasteiger partial charge in [-0.25, -0.2) is 4.98 Å². The number of hydrogen-bond donors (Lipinski definition) is 2. The number of hydrogen-bond acceptors (Lipinski definition) is 7. The standard InChI is InChI=1S/C19H24N6O3.ClH/c1-3-5-14-11-18(24-9-8-16(12-24)20-13(2)26)23-19(21-14)22-15-6-4-7-17(10-15)25(27)28;/h4,6-7,10-11,16H,3,5,8-9,12H2,1-2H3,(H,20,26)(H,21,22,23);1H. The third-order valence-corrected chi connectivity index (χ3v) is 4.50. The predicted octanol–water partition coefficient (Wildman–Crippen LogP) is 3.22. The van der Waals surface area contributed by atoms with E-state index in [4.69, 9.17) is 0 Å². The SMILES string of the molecule is CCCc1cc(N2CCC(NC(C)=O)C2)nc(Nc2cccc([N+](=O)[O-])c2)n1.Cl. The first-order valence-corrected chi connectivity index (χ1v) is 9.36. The highest BCUT2D eigenvalue weighted by Gasteiger charge is 2.24. The Hall–Kier alpha value is -2.94. The van der Waals surface area contributed by atoms with Gasteiger partial charge < -0.3 is 15.5 Å². The van der Waals surface area contributed by atoms with Crippen LogP contribution in [0.2, 0.25) is 0 Å². The molecule has 1 atom stereocenters. The largest absolute Gasteiger partial charge is 0.354 e. The lowest BCUT2D eigenvalue weighted by Gasteiger charge is -2.19. The number of benzene rings is 1. The average molecular weight is 421 g/mol. The second-order valence-electron chi connectivity index (χ2n) is 6.86. The van der Waals surface area contributed by atoms with E-state index in [0.717, 1.165) is 37.3 Å². The predicted molar refractivity (Wildman–Crippen MR) is 114 cm³/mol. The first-order valence-electron chi connectivity index (χ1n) is 9.36. The molecule has 1 unspecified atom stereocenters. The van der Waals surface area contributed by atoms with Crippen molar-refractivity contribution in [1.82, 2.24) is 15.3 Å². The molecule has 1 amide bonds. The van der Waals surface area contributed by atoms with E-state index in [1.54, 1.807) is 12.1 Å². The zero-order chi connectivity index (χ0) is 20.1. The number of carbonyl (C=O) groups is 1. The normalized spacial score (nSPS) is 15.5. The molecule has 0 aliphatic carbocycles.